The van der Waals surface area contributed by atoms with Gasteiger partial charge in [-0.15, -0.1) is 0 Å². The predicted octanol–water partition coefficient (Wildman–Crippen LogP) is 2.43. The molecule has 0 bridgehead atoms. The summed E-state index contributed by atoms with van der Waals surface area (Å²) in [7, 11) is 0. The van der Waals surface area contributed by atoms with Crippen LogP contribution in [0, 0.1) is 11.8 Å². The van der Waals surface area contributed by atoms with Crippen molar-refractivity contribution in [3.63, 3.8) is 0 Å². The summed E-state index contributed by atoms with van der Waals surface area (Å²) in [4.78, 5) is 15.7. The van der Waals surface area contributed by atoms with E-state index >= 15 is 0 Å². The van der Waals surface area contributed by atoms with Gasteiger partial charge in [0, 0.05) is 18.2 Å². The van der Waals surface area contributed by atoms with Gasteiger partial charge < -0.3 is 9.84 Å². The normalized spacial score (nSPS) is 9.38. The minimum atomic E-state index is -0.617. The van der Waals surface area contributed by atoms with E-state index in [0.29, 0.717) is 23.6 Å². The molecular weight excluding hydrogens is 268 g/mol. The smallest absolute Gasteiger partial charge is 0.410 e. The van der Waals surface area contributed by atoms with Crippen molar-refractivity contribution in [3.05, 3.63) is 54.2 Å². The highest BCUT2D eigenvalue weighted by molar-refractivity contribution is 5.85. The van der Waals surface area contributed by atoms with Crippen molar-refractivity contribution in [1.29, 1.82) is 0 Å². The van der Waals surface area contributed by atoms with E-state index in [4.69, 9.17) is 9.84 Å². The molecule has 1 heterocycles. The number of hydrogen-bond donors (Lipinski definition) is 2. The van der Waals surface area contributed by atoms with Gasteiger partial charge in [0.05, 0.1) is 6.61 Å². The number of carbonyl (C=O) groups excluding carboxylic acids is 1. The lowest BCUT2D eigenvalue weighted by atomic mass is 10.2. The van der Waals surface area contributed by atoms with Gasteiger partial charge in [0.2, 0.25) is 0 Å². The Bertz CT molecular complexity index is 660. The van der Waals surface area contributed by atoms with Crippen molar-refractivity contribution in [2.75, 3.05) is 11.9 Å². The average Bonchev–Trinajstić information content (AvgIpc) is 2.49. The van der Waals surface area contributed by atoms with Crippen LogP contribution >= 0.6 is 0 Å². The van der Waals surface area contributed by atoms with Crippen LogP contribution in [0.5, 0.6) is 5.75 Å². The number of pyridine rings is 1. The highest BCUT2D eigenvalue weighted by Crippen LogP contribution is 2.11. The molecule has 5 nitrogen and oxygen atoms in total. The van der Waals surface area contributed by atoms with Gasteiger partial charge in [-0.25, -0.2) is 9.78 Å². The highest BCUT2D eigenvalue weighted by atomic mass is 16.6. The molecule has 0 aliphatic carbocycles. The maximum atomic E-state index is 11.7. The van der Waals surface area contributed by atoms with Crippen molar-refractivity contribution in [2.45, 2.75) is 6.42 Å². The maximum absolute atomic E-state index is 11.7. The van der Waals surface area contributed by atoms with Gasteiger partial charge in [-0.3, -0.25) is 5.32 Å². The molecule has 0 radical (unpaired) electrons. The second-order valence-corrected chi connectivity index (χ2v) is 4.03. The number of ether oxygens (including phenoxy) is 1. The third-order valence-electron chi connectivity index (χ3n) is 2.41. The predicted molar refractivity (Wildman–Crippen MR) is 78.9 cm³/mol. The lowest BCUT2D eigenvalue weighted by Gasteiger charge is -2.05. The third kappa shape index (κ3) is 4.97. The SMILES string of the molecule is O=C(Nc1cc(C#CCCO)ccn1)Oc1ccccc1. The van der Waals surface area contributed by atoms with E-state index < -0.39 is 6.09 Å². The molecule has 2 N–H and O–H groups in total. The summed E-state index contributed by atoms with van der Waals surface area (Å²) in [5.41, 5.74) is 0.702. The number of aliphatic hydroxyl groups excluding tert-OH is 1. The standard InChI is InChI=1S/C16H14N2O3/c19-11-5-4-6-13-9-10-17-15(12-13)18-16(20)21-14-7-2-1-3-8-14/h1-3,7-10,12,19H,5,11H2,(H,17,18,20). The molecule has 106 valence electrons. The van der Waals surface area contributed by atoms with Crippen LogP contribution < -0.4 is 10.1 Å². The molecule has 0 atom stereocenters. The van der Waals surface area contributed by atoms with Crippen LogP contribution in [0.1, 0.15) is 12.0 Å². The Kier molecular flexibility index (Phi) is 5.33. The minimum absolute atomic E-state index is 0.0204. The van der Waals surface area contributed by atoms with E-state index in [1.165, 1.54) is 0 Å². The minimum Gasteiger partial charge on any atom is -0.410 e. The highest BCUT2D eigenvalue weighted by Gasteiger charge is 2.05. The number of amides is 1. The van der Waals surface area contributed by atoms with E-state index in [0.717, 1.165) is 0 Å². The van der Waals surface area contributed by atoms with Gasteiger partial charge in [-0.1, -0.05) is 30.0 Å². The Hall–Kier alpha value is -2.84. The zero-order valence-corrected chi connectivity index (χ0v) is 11.2. The molecule has 1 aromatic carbocycles. The lowest BCUT2D eigenvalue weighted by Crippen LogP contribution is -2.17. The summed E-state index contributed by atoms with van der Waals surface area (Å²) in [6, 6.07) is 12.1. The molecule has 0 aliphatic heterocycles. The number of nitrogens with one attached hydrogen (secondary N) is 1. The van der Waals surface area contributed by atoms with E-state index in [1.54, 1.807) is 42.6 Å². The largest absolute Gasteiger partial charge is 0.418 e. The molecule has 2 rings (SSSR count). The lowest BCUT2D eigenvalue weighted by molar-refractivity contribution is 0.215. The van der Waals surface area contributed by atoms with Crippen LogP contribution in [0.15, 0.2) is 48.7 Å². The second-order valence-electron chi connectivity index (χ2n) is 4.03. The number of aromatic nitrogens is 1. The van der Waals surface area contributed by atoms with Crippen molar-refractivity contribution in [1.82, 2.24) is 4.98 Å². The fourth-order valence-electron chi connectivity index (χ4n) is 1.52. The van der Waals surface area contributed by atoms with Crippen molar-refractivity contribution >= 4 is 11.9 Å². The zero-order chi connectivity index (χ0) is 14.9. The number of para-hydroxylation sites is 1. The maximum Gasteiger partial charge on any atom is 0.418 e. The van der Waals surface area contributed by atoms with Crippen LogP contribution in [0.3, 0.4) is 0 Å². The molecule has 21 heavy (non-hydrogen) atoms. The summed E-state index contributed by atoms with van der Waals surface area (Å²) in [5, 5.41) is 11.2. The molecule has 0 unspecified atom stereocenters. The van der Waals surface area contributed by atoms with Gasteiger partial charge in [-0.05, 0) is 24.3 Å². The fraction of sp³-hybridized carbons (Fsp3) is 0.125. The Morgan fingerprint density at radius 3 is 2.86 bits per heavy atom. The number of benzene rings is 1. The van der Waals surface area contributed by atoms with E-state index in [-0.39, 0.29) is 6.61 Å². The number of hydrogen-bond acceptors (Lipinski definition) is 4. The molecule has 0 aliphatic rings. The van der Waals surface area contributed by atoms with Crippen molar-refractivity contribution in [3.8, 4) is 17.6 Å². The monoisotopic (exact) mass is 282 g/mol. The fourth-order valence-corrected chi connectivity index (χ4v) is 1.52. The summed E-state index contributed by atoms with van der Waals surface area (Å²) < 4.78 is 5.10. The number of nitrogens with zero attached hydrogens (tertiary/aromatic N) is 1. The van der Waals surface area contributed by atoms with Crippen LogP contribution in [0.25, 0.3) is 0 Å². The Morgan fingerprint density at radius 2 is 2.10 bits per heavy atom. The molecular formula is C16H14N2O3. The van der Waals surface area contributed by atoms with Crippen LogP contribution in [-0.4, -0.2) is 22.8 Å². The molecule has 2 aromatic rings. The van der Waals surface area contributed by atoms with Crippen molar-refractivity contribution < 1.29 is 14.6 Å². The van der Waals surface area contributed by atoms with Gasteiger partial charge in [0.15, 0.2) is 0 Å². The van der Waals surface area contributed by atoms with Gasteiger partial charge >= 0.3 is 6.09 Å². The summed E-state index contributed by atoms with van der Waals surface area (Å²) >= 11 is 0. The van der Waals surface area contributed by atoms with Crippen LogP contribution in [-0.2, 0) is 0 Å². The van der Waals surface area contributed by atoms with E-state index in [1.807, 2.05) is 6.07 Å². The first kappa shape index (κ1) is 14.6. The first-order valence-corrected chi connectivity index (χ1v) is 6.37. The van der Waals surface area contributed by atoms with Crippen LogP contribution in [0.2, 0.25) is 0 Å². The number of anilines is 1. The third-order valence-corrected chi connectivity index (χ3v) is 2.41. The number of rotatable bonds is 3. The molecule has 0 saturated carbocycles. The van der Waals surface area contributed by atoms with Crippen molar-refractivity contribution in [2.24, 2.45) is 0 Å². The zero-order valence-electron chi connectivity index (χ0n) is 11.2. The van der Waals surface area contributed by atoms with E-state index in [9.17, 15) is 4.79 Å². The first-order valence-electron chi connectivity index (χ1n) is 6.37. The van der Waals surface area contributed by atoms with Gasteiger partial charge in [0.25, 0.3) is 0 Å². The number of aliphatic hydroxyl groups is 1. The Morgan fingerprint density at radius 1 is 1.29 bits per heavy atom. The topological polar surface area (TPSA) is 71.5 Å². The average molecular weight is 282 g/mol. The quantitative estimate of drug-likeness (QED) is 0.848. The molecule has 1 amide bonds. The molecule has 0 saturated heterocycles. The molecule has 1 aromatic heterocycles. The Balaban J connectivity index is 1.98. The molecule has 5 heteroatoms. The molecule has 0 fully saturated rings. The van der Waals surface area contributed by atoms with E-state index in [2.05, 4.69) is 22.1 Å². The number of carbonyl (C=O) groups is 1. The Labute approximate surface area is 122 Å². The van der Waals surface area contributed by atoms with Gasteiger partial charge in [0.1, 0.15) is 11.6 Å². The summed E-state index contributed by atoms with van der Waals surface area (Å²) in [6.07, 6.45) is 1.33. The summed E-state index contributed by atoms with van der Waals surface area (Å²) in [5.74, 6) is 6.47. The van der Waals surface area contributed by atoms with Crippen LogP contribution in [0.4, 0.5) is 10.6 Å². The molecule has 0 spiro atoms. The summed E-state index contributed by atoms with van der Waals surface area (Å²) in [6.45, 7) is 0.0204. The first-order chi connectivity index (χ1) is 10.3. The van der Waals surface area contributed by atoms with Gasteiger partial charge in [-0.2, -0.15) is 0 Å². The second kappa shape index (κ2) is 7.68.